The molecular weight excluding hydrogens is 346 g/mol. The molecule has 0 amide bonds. The fraction of sp³-hybridized carbons (Fsp3) is 0.357. The van der Waals surface area contributed by atoms with Gasteiger partial charge in [0.05, 0.1) is 22.6 Å². The first-order valence-corrected chi connectivity index (χ1v) is 7.91. The van der Waals surface area contributed by atoms with Gasteiger partial charge in [0.15, 0.2) is 5.65 Å². The average Bonchev–Trinajstić information content (AvgIpc) is 3.12. The molecule has 4 N–H and O–H groups in total. The van der Waals surface area contributed by atoms with Gasteiger partial charge in [-0.25, -0.2) is 4.98 Å². The van der Waals surface area contributed by atoms with Gasteiger partial charge >= 0.3 is 0 Å². The van der Waals surface area contributed by atoms with Crippen molar-refractivity contribution >= 4 is 27.4 Å². The Morgan fingerprint density at radius 1 is 1.41 bits per heavy atom. The van der Waals surface area contributed by atoms with Gasteiger partial charge in [-0.05, 0) is 15.9 Å². The lowest BCUT2D eigenvalue weighted by molar-refractivity contribution is 0.586. The van der Waals surface area contributed by atoms with E-state index < -0.39 is 0 Å². The molecular formula is C14H18BrN7. The second kappa shape index (κ2) is 6.05. The summed E-state index contributed by atoms with van der Waals surface area (Å²) in [6.45, 7) is 5.08. The van der Waals surface area contributed by atoms with Crippen molar-refractivity contribution in [3.05, 3.63) is 28.8 Å². The number of nitrogens with two attached hydrogens (primary N) is 1. The third-order valence-corrected chi connectivity index (χ3v) is 4.28. The second-order valence-electron chi connectivity index (χ2n) is 5.40. The van der Waals surface area contributed by atoms with Crippen molar-refractivity contribution in [1.29, 1.82) is 0 Å². The number of anilines is 1. The van der Waals surface area contributed by atoms with Crippen molar-refractivity contribution in [2.75, 3.05) is 12.3 Å². The quantitative estimate of drug-likeness (QED) is 0.644. The van der Waals surface area contributed by atoms with Gasteiger partial charge in [0.25, 0.3) is 0 Å². The van der Waals surface area contributed by atoms with Gasteiger partial charge in [-0.15, -0.1) is 0 Å². The number of nitrogens with one attached hydrogen (secondary N) is 2. The molecule has 7 nitrogen and oxygen atoms in total. The average molecular weight is 364 g/mol. The van der Waals surface area contributed by atoms with Crippen LogP contribution < -0.4 is 11.1 Å². The van der Waals surface area contributed by atoms with E-state index in [0.717, 1.165) is 39.9 Å². The largest absolute Gasteiger partial charge is 0.383 e. The zero-order valence-electron chi connectivity index (χ0n) is 12.5. The van der Waals surface area contributed by atoms with Crippen molar-refractivity contribution in [2.45, 2.75) is 26.3 Å². The maximum absolute atomic E-state index is 6.19. The Hall–Kier alpha value is -1.93. The highest BCUT2D eigenvalue weighted by Crippen LogP contribution is 2.29. The van der Waals surface area contributed by atoms with E-state index in [1.54, 1.807) is 16.9 Å². The minimum atomic E-state index is 0.441. The Labute approximate surface area is 136 Å². The van der Waals surface area contributed by atoms with Gasteiger partial charge in [0.2, 0.25) is 0 Å². The highest BCUT2D eigenvalue weighted by atomic mass is 79.9. The summed E-state index contributed by atoms with van der Waals surface area (Å²) < 4.78 is 2.44. The molecule has 3 aromatic heterocycles. The van der Waals surface area contributed by atoms with Crippen LogP contribution in [0.5, 0.6) is 0 Å². The van der Waals surface area contributed by atoms with Crippen LogP contribution in [0.4, 0.5) is 5.82 Å². The number of halogens is 1. The van der Waals surface area contributed by atoms with E-state index >= 15 is 0 Å². The molecule has 0 aliphatic carbocycles. The van der Waals surface area contributed by atoms with Crippen LogP contribution in [0.3, 0.4) is 0 Å². The molecule has 0 bridgehead atoms. The van der Waals surface area contributed by atoms with Crippen LogP contribution in [0.1, 0.15) is 19.5 Å². The Morgan fingerprint density at radius 3 is 2.91 bits per heavy atom. The maximum Gasteiger partial charge on any atom is 0.165 e. The van der Waals surface area contributed by atoms with Gasteiger partial charge in [-0.2, -0.15) is 14.7 Å². The zero-order chi connectivity index (χ0) is 15.7. The van der Waals surface area contributed by atoms with E-state index in [2.05, 4.69) is 50.4 Å². The van der Waals surface area contributed by atoms with Gasteiger partial charge in [0.1, 0.15) is 5.82 Å². The van der Waals surface area contributed by atoms with E-state index in [-0.39, 0.29) is 0 Å². The van der Waals surface area contributed by atoms with Crippen molar-refractivity contribution in [3.8, 4) is 11.1 Å². The highest BCUT2D eigenvalue weighted by Gasteiger charge is 2.16. The summed E-state index contributed by atoms with van der Waals surface area (Å²) in [6, 6.07) is 0.441. The monoisotopic (exact) mass is 363 g/mol. The molecule has 0 radical (unpaired) electrons. The fourth-order valence-corrected chi connectivity index (χ4v) is 2.75. The van der Waals surface area contributed by atoms with Crippen LogP contribution in [0.25, 0.3) is 16.8 Å². The minimum Gasteiger partial charge on any atom is -0.383 e. The molecule has 0 aliphatic rings. The molecule has 3 heterocycles. The molecule has 22 heavy (non-hydrogen) atoms. The van der Waals surface area contributed by atoms with Gasteiger partial charge in [-0.3, -0.25) is 5.10 Å². The van der Waals surface area contributed by atoms with E-state index in [0.29, 0.717) is 11.9 Å². The molecule has 0 spiro atoms. The van der Waals surface area contributed by atoms with Crippen molar-refractivity contribution < 1.29 is 0 Å². The van der Waals surface area contributed by atoms with Crippen molar-refractivity contribution in [3.63, 3.8) is 0 Å². The SMILES string of the molecule is CC(C)NCCc1nc2c(-c3cn[nH]c3)cnn2c(N)c1Br. The lowest BCUT2D eigenvalue weighted by Gasteiger charge is -2.11. The maximum atomic E-state index is 6.19. The first kappa shape index (κ1) is 15.0. The molecule has 8 heteroatoms. The van der Waals surface area contributed by atoms with Crippen LogP contribution in [-0.4, -0.2) is 37.4 Å². The Bertz CT molecular complexity index is 776. The Balaban J connectivity index is 2.02. The molecule has 0 unspecified atom stereocenters. The lowest BCUT2D eigenvalue weighted by atomic mass is 10.2. The third kappa shape index (κ3) is 2.71. The van der Waals surface area contributed by atoms with E-state index in [1.807, 2.05) is 6.20 Å². The summed E-state index contributed by atoms with van der Waals surface area (Å²) in [5.41, 5.74) is 9.69. The van der Waals surface area contributed by atoms with Gasteiger partial charge in [-0.1, -0.05) is 13.8 Å². The van der Waals surface area contributed by atoms with Crippen LogP contribution in [0.15, 0.2) is 23.1 Å². The summed E-state index contributed by atoms with van der Waals surface area (Å²) in [7, 11) is 0. The van der Waals surface area contributed by atoms with Crippen molar-refractivity contribution in [2.24, 2.45) is 0 Å². The summed E-state index contributed by atoms with van der Waals surface area (Å²) in [6.07, 6.45) is 6.11. The summed E-state index contributed by atoms with van der Waals surface area (Å²) in [5, 5.41) is 14.5. The number of rotatable bonds is 5. The Kier molecular flexibility index (Phi) is 4.12. The third-order valence-electron chi connectivity index (χ3n) is 3.41. The normalized spacial score (nSPS) is 11.6. The van der Waals surface area contributed by atoms with E-state index in [4.69, 9.17) is 10.7 Å². The number of nitrogen functional groups attached to an aromatic ring is 1. The summed E-state index contributed by atoms with van der Waals surface area (Å²) in [4.78, 5) is 4.74. The molecule has 0 saturated carbocycles. The number of nitrogens with zero attached hydrogens (tertiary/aromatic N) is 4. The molecule has 0 atom stereocenters. The van der Waals surface area contributed by atoms with E-state index in [9.17, 15) is 0 Å². The standard InChI is InChI=1S/C14H18BrN7/c1-8(2)17-4-3-11-12(15)13(16)22-14(21-11)10(7-20-22)9-5-18-19-6-9/h5-8,17H,3-4,16H2,1-2H3,(H,18,19). The summed E-state index contributed by atoms with van der Waals surface area (Å²) in [5.74, 6) is 0.555. The first-order valence-electron chi connectivity index (χ1n) is 7.12. The van der Waals surface area contributed by atoms with Crippen LogP contribution in [0.2, 0.25) is 0 Å². The van der Waals surface area contributed by atoms with E-state index in [1.165, 1.54) is 0 Å². The van der Waals surface area contributed by atoms with Crippen LogP contribution >= 0.6 is 15.9 Å². The van der Waals surface area contributed by atoms with Gasteiger partial charge < -0.3 is 11.1 Å². The summed E-state index contributed by atoms with van der Waals surface area (Å²) >= 11 is 3.53. The minimum absolute atomic E-state index is 0.441. The predicted octanol–water partition coefficient (Wildman–Crippen LogP) is 2.00. The smallest absolute Gasteiger partial charge is 0.165 e. The van der Waals surface area contributed by atoms with Crippen LogP contribution in [-0.2, 0) is 6.42 Å². The number of aromatic amines is 1. The second-order valence-corrected chi connectivity index (χ2v) is 6.19. The predicted molar refractivity (Wildman–Crippen MR) is 89.5 cm³/mol. The first-order chi connectivity index (χ1) is 10.6. The number of aromatic nitrogens is 5. The number of fused-ring (bicyclic) bond motifs is 1. The van der Waals surface area contributed by atoms with Gasteiger partial charge in [0, 0.05) is 36.3 Å². The molecule has 3 aromatic rings. The number of hydrogen-bond acceptors (Lipinski definition) is 5. The number of hydrogen-bond donors (Lipinski definition) is 3. The topological polar surface area (TPSA) is 96.9 Å². The highest BCUT2D eigenvalue weighted by molar-refractivity contribution is 9.10. The molecule has 3 rings (SSSR count). The molecule has 0 saturated heterocycles. The zero-order valence-corrected chi connectivity index (χ0v) is 14.1. The molecule has 0 aliphatic heterocycles. The molecule has 116 valence electrons. The number of H-pyrrole nitrogens is 1. The lowest BCUT2D eigenvalue weighted by Crippen LogP contribution is -2.25. The molecule has 0 fully saturated rings. The van der Waals surface area contributed by atoms with Crippen LogP contribution in [0, 0.1) is 0 Å². The Morgan fingerprint density at radius 2 is 2.23 bits per heavy atom. The van der Waals surface area contributed by atoms with Crippen molar-refractivity contribution in [1.82, 2.24) is 30.1 Å². The fourth-order valence-electron chi connectivity index (χ4n) is 2.29. The molecule has 0 aromatic carbocycles.